The van der Waals surface area contributed by atoms with E-state index in [-0.39, 0.29) is 30.7 Å². The summed E-state index contributed by atoms with van der Waals surface area (Å²) in [7, 11) is 3.44. The van der Waals surface area contributed by atoms with Crippen LogP contribution in [0.25, 0.3) is 11.2 Å². The van der Waals surface area contributed by atoms with Crippen LogP contribution in [-0.2, 0) is 22.4 Å². The van der Waals surface area contributed by atoms with Crippen LogP contribution in [0.15, 0.2) is 48.7 Å². The molecular weight excluding hydrogens is 402 g/mol. The van der Waals surface area contributed by atoms with E-state index in [2.05, 4.69) is 33.8 Å². The molecule has 0 radical (unpaired) electrons. The Morgan fingerprint density at radius 3 is 2.47 bits per heavy atom. The summed E-state index contributed by atoms with van der Waals surface area (Å²) in [5.41, 5.74) is 3.15. The molecule has 1 aliphatic rings. The van der Waals surface area contributed by atoms with Crippen molar-refractivity contribution in [2.45, 2.75) is 44.6 Å². The fourth-order valence-corrected chi connectivity index (χ4v) is 4.41. The van der Waals surface area contributed by atoms with Crippen LogP contribution in [0.2, 0.25) is 0 Å². The molecule has 0 saturated carbocycles. The molecule has 1 aliphatic heterocycles. The average molecular weight is 434 g/mol. The van der Waals surface area contributed by atoms with Gasteiger partial charge in [0.05, 0.1) is 0 Å². The SMILES string of the molecule is CN(C)C(=O)CCC(=O)N1CCC(n2c(CCc3ccccc3)nc3cccnc32)CC1. The molecule has 1 aromatic carbocycles. The van der Waals surface area contributed by atoms with E-state index in [0.717, 1.165) is 42.7 Å². The quantitative estimate of drug-likeness (QED) is 0.573. The highest BCUT2D eigenvalue weighted by Crippen LogP contribution is 2.29. The van der Waals surface area contributed by atoms with E-state index in [1.807, 2.05) is 29.3 Å². The molecule has 7 nitrogen and oxygen atoms in total. The van der Waals surface area contributed by atoms with Gasteiger partial charge >= 0.3 is 0 Å². The number of imidazole rings is 1. The summed E-state index contributed by atoms with van der Waals surface area (Å²) >= 11 is 0. The van der Waals surface area contributed by atoms with Gasteiger partial charge in [-0.15, -0.1) is 0 Å². The third-order valence-corrected chi connectivity index (χ3v) is 6.24. The number of carbonyl (C=O) groups excluding carboxylic acids is 2. The molecule has 1 saturated heterocycles. The van der Waals surface area contributed by atoms with Gasteiger partial charge in [0.2, 0.25) is 11.8 Å². The van der Waals surface area contributed by atoms with Crippen LogP contribution in [0.5, 0.6) is 0 Å². The molecule has 2 amide bonds. The van der Waals surface area contributed by atoms with Gasteiger partial charge in [-0.3, -0.25) is 9.59 Å². The lowest BCUT2D eigenvalue weighted by Gasteiger charge is -2.33. The lowest BCUT2D eigenvalue weighted by atomic mass is 10.0. The van der Waals surface area contributed by atoms with Gasteiger partial charge in [-0.05, 0) is 37.0 Å². The first-order valence-corrected chi connectivity index (χ1v) is 11.4. The molecule has 2 aromatic heterocycles. The molecule has 0 aliphatic carbocycles. The number of fused-ring (bicyclic) bond motifs is 1. The Kier molecular flexibility index (Phi) is 6.83. The number of piperidine rings is 1. The van der Waals surface area contributed by atoms with Crippen LogP contribution < -0.4 is 0 Å². The number of likely N-dealkylation sites (tertiary alicyclic amines) is 1. The molecular formula is C25H31N5O2. The number of hydrogen-bond donors (Lipinski definition) is 0. The number of pyridine rings is 1. The molecule has 0 N–H and O–H groups in total. The monoisotopic (exact) mass is 433 g/mol. The molecule has 3 aromatic rings. The first-order valence-electron chi connectivity index (χ1n) is 11.4. The van der Waals surface area contributed by atoms with E-state index in [9.17, 15) is 9.59 Å². The number of carbonyl (C=O) groups is 2. The van der Waals surface area contributed by atoms with E-state index in [4.69, 9.17) is 4.98 Å². The van der Waals surface area contributed by atoms with Gasteiger partial charge in [0.15, 0.2) is 5.65 Å². The van der Waals surface area contributed by atoms with E-state index < -0.39 is 0 Å². The maximum Gasteiger partial charge on any atom is 0.223 e. The van der Waals surface area contributed by atoms with Crippen LogP contribution >= 0.6 is 0 Å². The summed E-state index contributed by atoms with van der Waals surface area (Å²) in [6.07, 6.45) is 5.89. The summed E-state index contributed by atoms with van der Waals surface area (Å²) in [6.45, 7) is 1.40. The number of aromatic nitrogens is 3. The van der Waals surface area contributed by atoms with Crippen LogP contribution in [-0.4, -0.2) is 63.3 Å². The Morgan fingerprint density at radius 1 is 1.00 bits per heavy atom. The molecule has 0 bridgehead atoms. The van der Waals surface area contributed by atoms with Gasteiger partial charge in [-0.25, -0.2) is 9.97 Å². The summed E-state index contributed by atoms with van der Waals surface area (Å²) in [6, 6.07) is 14.7. The van der Waals surface area contributed by atoms with Gasteiger partial charge in [0.1, 0.15) is 11.3 Å². The van der Waals surface area contributed by atoms with Crippen molar-refractivity contribution in [3.63, 3.8) is 0 Å². The topological polar surface area (TPSA) is 71.3 Å². The van der Waals surface area contributed by atoms with Gasteiger partial charge in [0.25, 0.3) is 0 Å². The van der Waals surface area contributed by atoms with Crippen molar-refractivity contribution in [2.75, 3.05) is 27.2 Å². The molecule has 32 heavy (non-hydrogen) atoms. The molecule has 0 spiro atoms. The Balaban J connectivity index is 1.44. The minimum Gasteiger partial charge on any atom is -0.349 e. The van der Waals surface area contributed by atoms with Crippen molar-refractivity contribution in [3.8, 4) is 0 Å². The van der Waals surface area contributed by atoms with Crippen LogP contribution in [0, 0.1) is 0 Å². The molecule has 168 valence electrons. The lowest BCUT2D eigenvalue weighted by molar-refractivity contribution is -0.136. The minimum atomic E-state index is -0.00717. The van der Waals surface area contributed by atoms with Crippen molar-refractivity contribution in [1.82, 2.24) is 24.3 Å². The third kappa shape index (κ3) is 4.98. The molecule has 0 atom stereocenters. The molecule has 4 rings (SSSR count). The number of rotatable bonds is 7. The maximum atomic E-state index is 12.6. The van der Waals surface area contributed by atoms with Crippen molar-refractivity contribution in [3.05, 3.63) is 60.0 Å². The van der Waals surface area contributed by atoms with E-state index >= 15 is 0 Å². The number of benzene rings is 1. The highest BCUT2D eigenvalue weighted by Gasteiger charge is 2.27. The zero-order valence-corrected chi connectivity index (χ0v) is 18.9. The van der Waals surface area contributed by atoms with Crippen molar-refractivity contribution < 1.29 is 9.59 Å². The van der Waals surface area contributed by atoms with Crippen molar-refractivity contribution in [2.24, 2.45) is 0 Å². The standard InChI is InChI=1S/C25H31N5O2/c1-28(2)23(31)12-13-24(32)29-17-14-20(15-18-29)30-22(11-10-19-7-4-3-5-8-19)27-21-9-6-16-26-25(21)30/h3-9,16,20H,10-15,17-18H2,1-2H3. The summed E-state index contributed by atoms with van der Waals surface area (Å²) < 4.78 is 2.30. The van der Waals surface area contributed by atoms with Crippen molar-refractivity contribution >= 4 is 23.0 Å². The van der Waals surface area contributed by atoms with Crippen LogP contribution in [0.4, 0.5) is 0 Å². The number of nitrogens with zero attached hydrogens (tertiary/aromatic N) is 5. The van der Waals surface area contributed by atoms with Gasteiger partial charge in [0, 0.05) is 58.7 Å². The normalized spacial score (nSPS) is 14.6. The summed E-state index contributed by atoms with van der Waals surface area (Å²) in [5.74, 6) is 1.12. The lowest BCUT2D eigenvalue weighted by Crippen LogP contribution is -2.39. The number of amides is 2. The zero-order chi connectivity index (χ0) is 22.5. The predicted molar refractivity (Wildman–Crippen MR) is 124 cm³/mol. The molecule has 3 heterocycles. The van der Waals surface area contributed by atoms with Gasteiger partial charge in [-0.1, -0.05) is 30.3 Å². The molecule has 1 fully saturated rings. The fraction of sp³-hybridized carbons (Fsp3) is 0.440. The van der Waals surface area contributed by atoms with Gasteiger partial charge < -0.3 is 14.4 Å². The second-order valence-electron chi connectivity index (χ2n) is 8.63. The Hall–Kier alpha value is -3.22. The Bertz CT molecular complexity index is 1070. The number of aryl methyl sites for hydroxylation is 2. The maximum absolute atomic E-state index is 12.6. The predicted octanol–water partition coefficient (Wildman–Crippen LogP) is 3.25. The summed E-state index contributed by atoms with van der Waals surface area (Å²) in [4.78, 5) is 37.3. The Labute approximate surface area is 189 Å². The first kappa shape index (κ1) is 22.0. The molecule has 0 unspecified atom stereocenters. The van der Waals surface area contributed by atoms with Gasteiger partial charge in [-0.2, -0.15) is 0 Å². The summed E-state index contributed by atoms with van der Waals surface area (Å²) in [5, 5.41) is 0. The number of hydrogen-bond acceptors (Lipinski definition) is 4. The van der Waals surface area contributed by atoms with Crippen LogP contribution in [0.1, 0.15) is 43.1 Å². The van der Waals surface area contributed by atoms with E-state index in [1.165, 1.54) is 10.5 Å². The third-order valence-electron chi connectivity index (χ3n) is 6.24. The zero-order valence-electron chi connectivity index (χ0n) is 18.9. The van der Waals surface area contributed by atoms with Crippen LogP contribution in [0.3, 0.4) is 0 Å². The molecule has 7 heteroatoms. The van der Waals surface area contributed by atoms with Crippen molar-refractivity contribution in [1.29, 1.82) is 0 Å². The van der Waals surface area contributed by atoms with E-state index in [0.29, 0.717) is 13.1 Å². The largest absolute Gasteiger partial charge is 0.349 e. The highest BCUT2D eigenvalue weighted by molar-refractivity contribution is 5.83. The second-order valence-corrected chi connectivity index (χ2v) is 8.63. The highest BCUT2D eigenvalue weighted by atomic mass is 16.2. The second kappa shape index (κ2) is 9.94. The van der Waals surface area contributed by atoms with E-state index in [1.54, 1.807) is 14.1 Å². The fourth-order valence-electron chi connectivity index (χ4n) is 4.41. The Morgan fingerprint density at radius 2 is 1.75 bits per heavy atom. The minimum absolute atomic E-state index is 0.00717. The average Bonchev–Trinajstić information content (AvgIpc) is 3.20. The smallest absolute Gasteiger partial charge is 0.223 e. The first-order chi connectivity index (χ1) is 15.5.